The van der Waals surface area contributed by atoms with Gasteiger partial charge < -0.3 is 4.74 Å². The first-order valence-electron chi connectivity index (χ1n) is 11.4. The highest BCUT2D eigenvalue weighted by atomic mass is 32.2. The van der Waals surface area contributed by atoms with Gasteiger partial charge in [0.1, 0.15) is 0 Å². The highest BCUT2D eigenvalue weighted by molar-refractivity contribution is 7.97. The number of rotatable bonds is 4. The summed E-state index contributed by atoms with van der Waals surface area (Å²) >= 11 is 1.28. The van der Waals surface area contributed by atoms with Crippen molar-refractivity contribution in [3.05, 3.63) is 101 Å². The lowest BCUT2D eigenvalue weighted by molar-refractivity contribution is -0.137. The van der Waals surface area contributed by atoms with E-state index in [9.17, 15) is 13.2 Å². The summed E-state index contributed by atoms with van der Waals surface area (Å²) in [6.07, 6.45) is -0.649. The van der Waals surface area contributed by atoms with Gasteiger partial charge in [0, 0.05) is 23.5 Å². The molecule has 1 fully saturated rings. The summed E-state index contributed by atoms with van der Waals surface area (Å²) in [6.45, 7) is 0.631. The van der Waals surface area contributed by atoms with Crippen molar-refractivity contribution in [3.8, 4) is 0 Å². The lowest BCUT2D eigenvalue weighted by Gasteiger charge is -2.36. The number of benzene rings is 3. The Morgan fingerprint density at radius 3 is 2.18 bits per heavy atom. The van der Waals surface area contributed by atoms with Crippen LogP contribution in [-0.4, -0.2) is 18.8 Å². The van der Waals surface area contributed by atoms with Crippen molar-refractivity contribution in [1.29, 1.82) is 0 Å². The molecule has 6 heteroatoms. The van der Waals surface area contributed by atoms with E-state index in [2.05, 4.69) is 53.3 Å². The standard InChI is InChI=1S/C27H26F3NOS/c28-27(29,30)20-8-5-9-22(16-20)33-31-21-14-15-32-25(17-21)26-23-10-3-1-6-18(23)12-13-19-7-2-4-11-24(19)26/h1-11,16,21,25-26,31H,12-15,17H2. The minimum atomic E-state index is -4.33. The molecule has 1 N–H and O–H groups in total. The molecule has 0 spiro atoms. The molecule has 1 aliphatic carbocycles. The highest BCUT2D eigenvalue weighted by Crippen LogP contribution is 2.40. The van der Waals surface area contributed by atoms with Crippen LogP contribution in [0.1, 0.15) is 46.6 Å². The van der Waals surface area contributed by atoms with Crippen LogP contribution in [0.25, 0.3) is 0 Å². The molecule has 172 valence electrons. The van der Waals surface area contributed by atoms with Crippen molar-refractivity contribution in [3.63, 3.8) is 0 Å². The van der Waals surface area contributed by atoms with Crippen LogP contribution in [0.4, 0.5) is 13.2 Å². The predicted molar refractivity (Wildman–Crippen MR) is 125 cm³/mol. The topological polar surface area (TPSA) is 21.3 Å². The first kappa shape index (κ1) is 22.5. The fourth-order valence-corrected chi connectivity index (χ4v) is 5.87. The molecular formula is C27H26F3NOS. The summed E-state index contributed by atoms with van der Waals surface area (Å²) in [4.78, 5) is 0.568. The number of alkyl halides is 3. The van der Waals surface area contributed by atoms with Gasteiger partial charge in [-0.15, -0.1) is 0 Å². The van der Waals surface area contributed by atoms with Crippen LogP contribution in [0.2, 0.25) is 0 Å². The molecular weight excluding hydrogens is 443 g/mol. The Morgan fingerprint density at radius 1 is 0.848 bits per heavy atom. The molecule has 3 aromatic rings. The number of aryl methyl sites for hydroxylation is 2. The first-order chi connectivity index (χ1) is 16.0. The number of hydrogen-bond acceptors (Lipinski definition) is 3. The highest BCUT2D eigenvalue weighted by Gasteiger charge is 2.35. The lowest BCUT2D eigenvalue weighted by atomic mass is 9.80. The Bertz CT molecular complexity index is 1070. The minimum absolute atomic E-state index is 0.0127. The van der Waals surface area contributed by atoms with Gasteiger partial charge in [-0.05, 0) is 78.1 Å². The van der Waals surface area contributed by atoms with Crippen LogP contribution in [0.15, 0.2) is 77.7 Å². The van der Waals surface area contributed by atoms with Gasteiger partial charge in [-0.2, -0.15) is 13.2 Å². The van der Waals surface area contributed by atoms with Gasteiger partial charge in [-0.25, -0.2) is 0 Å². The van der Waals surface area contributed by atoms with Crippen molar-refractivity contribution in [2.24, 2.45) is 0 Å². The largest absolute Gasteiger partial charge is 0.416 e. The van der Waals surface area contributed by atoms with Gasteiger partial charge >= 0.3 is 6.18 Å². The van der Waals surface area contributed by atoms with Crippen molar-refractivity contribution in [1.82, 2.24) is 4.72 Å². The van der Waals surface area contributed by atoms with E-state index < -0.39 is 11.7 Å². The summed E-state index contributed by atoms with van der Waals surface area (Å²) < 4.78 is 48.9. The molecule has 2 nitrogen and oxygen atoms in total. The zero-order valence-corrected chi connectivity index (χ0v) is 19.0. The maximum Gasteiger partial charge on any atom is 0.416 e. The van der Waals surface area contributed by atoms with E-state index in [1.54, 1.807) is 6.07 Å². The molecule has 1 saturated heterocycles. The fourth-order valence-electron chi connectivity index (χ4n) is 5.02. The minimum Gasteiger partial charge on any atom is -0.377 e. The van der Waals surface area contributed by atoms with E-state index in [4.69, 9.17) is 4.74 Å². The molecule has 5 rings (SSSR count). The second kappa shape index (κ2) is 9.53. The average Bonchev–Trinajstić information content (AvgIpc) is 3.00. The number of nitrogens with one attached hydrogen (secondary N) is 1. The fraction of sp³-hybridized carbons (Fsp3) is 0.333. The third-order valence-corrected chi connectivity index (χ3v) is 7.58. The van der Waals surface area contributed by atoms with Crippen molar-refractivity contribution < 1.29 is 17.9 Å². The van der Waals surface area contributed by atoms with Crippen molar-refractivity contribution >= 4 is 11.9 Å². The smallest absolute Gasteiger partial charge is 0.377 e. The SMILES string of the molecule is FC(F)(F)c1cccc(SNC2CCOC(C3c4ccccc4CCc4ccccc43)C2)c1. The van der Waals surface area contributed by atoms with E-state index in [1.165, 1.54) is 46.3 Å². The predicted octanol–water partition coefficient (Wildman–Crippen LogP) is 6.78. The molecule has 0 amide bonds. The quantitative estimate of drug-likeness (QED) is 0.426. The number of fused-ring (bicyclic) bond motifs is 2. The monoisotopic (exact) mass is 469 g/mol. The summed E-state index contributed by atoms with van der Waals surface area (Å²) in [5, 5.41) is 0. The molecule has 0 aromatic heterocycles. The Balaban J connectivity index is 1.35. The summed E-state index contributed by atoms with van der Waals surface area (Å²) in [6, 6.07) is 22.9. The average molecular weight is 470 g/mol. The third kappa shape index (κ3) is 4.98. The summed E-state index contributed by atoms with van der Waals surface area (Å²) in [7, 11) is 0. The molecule has 33 heavy (non-hydrogen) atoms. The van der Waals surface area contributed by atoms with Crippen LogP contribution in [0.3, 0.4) is 0 Å². The van der Waals surface area contributed by atoms with Crippen LogP contribution in [0.5, 0.6) is 0 Å². The van der Waals surface area contributed by atoms with Gasteiger partial charge in [-0.1, -0.05) is 54.6 Å². The molecule has 3 aromatic carbocycles. The Kier molecular flexibility index (Phi) is 6.50. The summed E-state index contributed by atoms with van der Waals surface area (Å²) in [5.74, 6) is 0.156. The zero-order chi connectivity index (χ0) is 22.8. The number of hydrogen-bond donors (Lipinski definition) is 1. The molecule has 0 saturated carbocycles. The first-order valence-corrected chi connectivity index (χ1v) is 12.2. The van der Waals surface area contributed by atoms with Crippen molar-refractivity contribution in [2.75, 3.05) is 6.61 Å². The molecule has 0 radical (unpaired) electrons. The molecule has 2 aliphatic rings. The van der Waals surface area contributed by atoms with Gasteiger partial charge in [0.25, 0.3) is 0 Å². The maximum absolute atomic E-state index is 13.0. The molecule has 1 heterocycles. The van der Waals surface area contributed by atoms with Gasteiger partial charge in [0.15, 0.2) is 0 Å². The Morgan fingerprint density at radius 2 is 1.52 bits per heavy atom. The van der Waals surface area contributed by atoms with E-state index in [0.717, 1.165) is 31.7 Å². The number of ether oxygens (including phenoxy) is 1. The van der Waals surface area contributed by atoms with Crippen molar-refractivity contribution in [2.45, 2.75) is 54.8 Å². The van der Waals surface area contributed by atoms with E-state index in [-0.39, 0.29) is 18.1 Å². The number of halogens is 3. The Hall–Kier alpha value is -2.28. The zero-order valence-electron chi connectivity index (χ0n) is 18.1. The molecule has 1 aliphatic heterocycles. The second-order valence-electron chi connectivity index (χ2n) is 8.75. The molecule has 2 atom stereocenters. The van der Waals surface area contributed by atoms with E-state index in [1.807, 2.05) is 0 Å². The van der Waals surface area contributed by atoms with E-state index in [0.29, 0.717) is 11.5 Å². The van der Waals surface area contributed by atoms with Crippen LogP contribution < -0.4 is 4.72 Å². The van der Waals surface area contributed by atoms with E-state index >= 15 is 0 Å². The summed E-state index contributed by atoms with van der Waals surface area (Å²) in [5.41, 5.74) is 4.79. The van der Waals surface area contributed by atoms with Crippen LogP contribution in [-0.2, 0) is 23.8 Å². The molecule has 2 unspecified atom stereocenters. The normalized spacial score (nSPS) is 21.2. The lowest BCUT2D eigenvalue weighted by Crippen LogP contribution is -2.39. The molecule has 0 bridgehead atoms. The van der Waals surface area contributed by atoms with Crippen LogP contribution >= 0.6 is 11.9 Å². The Labute approximate surface area is 196 Å². The van der Waals surface area contributed by atoms with Gasteiger partial charge in [0.05, 0.1) is 11.7 Å². The van der Waals surface area contributed by atoms with Gasteiger partial charge in [-0.3, -0.25) is 4.72 Å². The third-order valence-electron chi connectivity index (χ3n) is 6.64. The van der Waals surface area contributed by atoms with Gasteiger partial charge in [0.2, 0.25) is 0 Å². The second-order valence-corrected chi connectivity index (χ2v) is 9.66. The maximum atomic E-state index is 13.0. The van der Waals surface area contributed by atoms with Crippen LogP contribution in [0, 0.1) is 0 Å².